The van der Waals surface area contributed by atoms with Crippen molar-refractivity contribution in [3.8, 4) is 0 Å². The minimum absolute atomic E-state index is 0.604. The van der Waals surface area contributed by atoms with Crippen molar-refractivity contribution in [1.29, 1.82) is 0 Å². The number of aliphatic hydroxyl groups is 1. The smallest absolute Gasteiger partial charge is 0.106 e. The Morgan fingerprint density at radius 2 is 1.94 bits per heavy atom. The van der Waals surface area contributed by atoms with Gasteiger partial charge in [-0.15, -0.1) is 0 Å². The Labute approximate surface area is 99.6 Å². The molecule has 0 aliphatic heterocycles. The molecule has 0 amide bonds. The molecule has 0 fully saturated rings. The zero-order chi connectivity index (χ0) is 11.5. The number of rotatable bonds is 2. The Morgan fingerprint density at radius 3 is 2.56 bits per heavy atom. The highest BCUT2D eigenvalue weighted by Gasteiger charge is 2.11. The molecule has 2 N–H and O–H groups in total. The third-order valence-corrected chi connectivity index (χ3v) is 2.82. The van der Waals surface area contributed by atoms with E-state index in [1.165, 1.54) is 0 Å². The number of hydrogen-bond acceptors (Lipinski definition) is 2. The van der Waals surface area contributed by atoms with Gasteiger partial charge in [0.05, 0.1) is 0 Å². The van der Waals surface area contributed by atoms with Crippen LogP contribution >= 0.6 is 12.2 Å². The molecule has 1 atom stereocenters. The van der Waals surface area contributed by atoms with Gasteiger partial charge in [-0.2, -0.15) is 0 Å². The second kappa shape index (κ2) is 4.60. The lowest BCUT2D eigenvalue weighted by Gasteiger charge is -2.13. The number of nitrogens with one attached hydrogen (secondary N) is 1. The molecule has 0 spiro atoms. The van der Waals surface area contributed by atoms with Crippen LogP contribution in [0.4, 0.5) is 0 Å². The van der Waals surface area contributed by atoms with Crippen LogP contribution in [0.2, 0.25) is 0 Å². The van der Waals surface area contributed by atoms with E-state index in [1.54, 1.807) is 6.20 Å². The first-order valence-electron chi connectivity index (χ1n) is 5.11. The molecule has 1 aromatic heterocycles. The van der Waals surface area contributed by atoms with Crippen molar-refractivity contribution in [2.24, 2.45) is 0 Å². The van der Waals surface area contributed by atoms with Gasteiger partial charge in [0.25, 0.3) is 0 Å². The van der Waals surface area contributed by atoms with Crippen LogP contribution in [0, 0.1) is 11.6 Å². The lowest BCUT2D eigenvalue weighted by molar-refractivity contribution is 0.219. The number of pyridine rings is 1. The molecule has 0 radical (unpaired) electrons. The Morgan fingerprint density at radius 1 is 1.25 bits per heavy atom. The predicted octanol–water partition coefficient (Wildman–Crippen LogP) is 3.13. The molecule has 0 bridgehead atoms. The fourth-order valence-electron chi connectivity index (χ4n) is 1.69. The van der Waals surface area contributed by atoms with Crippen molar-refractivity contribution < 1.29 is 5.11 Å². The summed E-state index contributed by atoms with van der Waals surface area (Å²) < 4.78 is 0.682. The van der Waals surface area contributed by atoms with Gasteiger partial charge in [-0.3, -0.25) is 0 Å². The summed E-state index contributed by atoms with van der Waals surface area (Å²) in [6, 6.07) is 11.4. The van der Waals surface area contributed by atoms with Gasteiger partial charge in [0.2, 0.25) is 0 Å². The fraction of sp³-hybridized carbons (Fsp3) is 0.154. The first-order chi connectivity index (χ1) is 7.68. The second-order valence-corrected chi connectivity index (χ2v) is 4.19. The third-order valence-electron chi connectivity index (χ3n) is 2.58. The molecule has 0 aliphatic rings. The van der Waals surface area contributed by atoms with Gasteiger partial charge < -0.3 is 10.1 Å². The highest BCUT2D eigenvalue weighted by molar-refractivity contribution is 7.71. The number of benzene rings is 1. The van der Waals surface area contributed by atoms with Crippen molar-refractivity contribution in [2.75, 3.05) is 0 Å². The molecular formula is C13H13NOS. The molecule has 0 saturated heterocycles. The summed E-state index contributed by atoms with van der Waals surface area (Å²) in [5, 5.41) is 10.2. The fourth-order valence-corrected chi connectivity index (χ4v) is 1.93. The minimum Gasteiger partial charge on any atom is -0.384 e. The number of aliphatic hydroxyl groups excluding tert-OH is 1. The van der Waals surface area contributed by atoms with Crippen LogP contribution in [0.1, 0.15) is 22.8 Å². The van der Waals surface area contributed by atoms with Crippen LogP contribution in [0.25, 0.3) is 0 Å². The average molecular weight is 231 g/mol. The van der Waals surface area contributed by atoms with Crippen LogP contribution in [0.15, 0.2) is 42.6 Å². The summed E-state index contributed by atoms with van der Waals surface area (Å²) in [5.41, 5.74) is 2.75. The van der Waals surface area contributed by atoms with Gasteiger partial charge in [0.1, 0.15) is 10.7 Å². The molecular weight excluding hydrogens is 218 g/mol. The van der Waals surface area contributed by atoms with E-state index < -0.39 is 6.10 Å². The van der Waals surface area contributed by atoms with Crippen LogP contribution in [-0.2, 0) is 0 Å². The first kappa shape index (κ1) is 11.0. The van der Waals surface area contributed by atoms with Crippen molar-refractivity contribution in [2.45, 2.75) is 13.0 Å². The zero-order valence-corrected chi connectivity index (χ0v) is 9.79. The Balaban J connectivity index is 2.42. The Bertz CT molecular complexity index is 533. The van der Waals surface area contributed by atoms with Gasteiger partial charge >= 0.3 is 0 Å². The summed E-state index contributed by atoms with van der Waals surface area (Å²) in [5.74, 6) is 0. The topological polar surface area (TPSA) is 36.0 Å². The summed E-state index contributed by atoms with van der Waals surface area (Å²) in [7, 11) is 0. The Hall–Kier alpha value is -1.45. The normalized spacial score (nSPS) is 12.4. The molecule has 2 rings (SSSR count). The van der Waals surface area contributed by atoms with Gasteiger partial charge in [0.15, 0.2) is 0 Å². The number of hydrogen-bond donors (Lipinski definition) is 2. The van der Waals surface area contributed by atoms with Crippen molar-refractivity contribution in [1.82, 2.24) is 4.98 Å². The Kier molecular flexibility index (Phi) is 3.17. The zero-order valence-electron chi connectivity index (χ0n) is 8.97. The molecule has 0 saturated carbocycles. The lowest BCUT2D eigenvalue weighted by atomic mass is 10.00. The van der Waals surface area contributed by atoms with Crippen molar-refractivity contribution in [3.63, 3.8) is 0 Å². The van der Waals surface area contributed by atoms with E-state index in [4.69, 9.17) is 12.2 Å². The summed E-state index contributed by atoms with van der Waals surface area (Å²) in [6.45, 7) is 1.95. The number of aromatic nitrogens is 1. The highest BCUT2D eigenvalue weighted by atomic mass is 32.1. The average Bonchev–Trinajstić information content (AvgIpc) is 2.29. The molecule has 1 heterocycles. The third kappa shape index (κ3) is 2.21. The van der Waals surface area contributed by atoms with Crippen LogP contribution in [-0.4, -0.2) is 10.1 Å². The maximum Gasteiger partial charge on any atom is 0.106 e. The standard InChI is InChI=1S/C13H13NOS/c1-9-7-12(16)14-8-11(9)13(15)10-5-3-2-4-6-10/h2-8,13,15H,1H3,(H,14,16). The number of aromatic amines is 1. The van der Waals surface area contributed by atoms with Gasteiger partial charge in [-0.1, -0.05) is 42.5 Å². The molecule has 1 unspecified atom stereocenters. The van der Waals surface area contributed by atoms with E-state index in [1.807, 2.05) is 43.3 Å². The summed E-state index contributed by atoms with van der Waals surface area (Å²) in [4.78, 5) is 2.95. The maximum absolute atomic E-state index is 10.2. The van der Waals surface area contributed by atoms with E-state index in [0.29, 0.717) is 4.64 Å². The van der Waals surface area contributed by atoms with E-state index >= 15 is 0 Å². The summed E-state index contributed by atoms with van der Waals surface area (Å²) >= 11 is 5.03. The molecule has 1 aromatic carbocycles. The van der Waals surface area contributed by atoms with Crippen molar-refractivity contribution >= 4 is 12.2 Å². The number of aryl methyl sites for hydroxylation is 1. The predicted molar refractivity (Wildman–Crippen MR) is 66.9 cm³/mol. The largest absolute Gasteiger partial charge is 0.384 e. The minimum atomic E-state index is -0.604. The van der Waals surface area contributed by atoms with Gasteiger partial charge in [-0.05, 0) is 24.1 Å². The molecule has 2 nitrogen and oxygen atoms in total. The maximum atomic E-state index is 10.2. The van der Waals surface area contributed by atoms with Crippen molar-refractivity contribution in [3.05, 3.63) is 63.9 Å². The summed E-state index contributed by atoms with van der Waals surface area (Å²) in [6.07, 6.45) is 1.17. The molecule has 3 heteroatoms. The van der Waals surface area contributed by atoms with Crippen LogP contribution < -0.4 is 0 Å². The SMILES string of the molecule is Cc1cc(=S)[nH]cc1C(O)c1ccccc1. The van der Waals surface area contributed by atoms with Gasteiger partial charge in [0, 0.05) is 11.8 Å². The van der Waals surface area contributed by atoms with E-state index in [-0.39, 0.29) is 0 Å². The molecule has 2 aromatic rings. The van der Waals surface area contributed by atoms with Crippen LogP contribution in [0.5, 0.6) is 0 Å². The van der Waals surface area contributed by atoms with E-state index in [9.17, 15) is 5.11 Å². The first-order valence-corrected chi connectivity index (χ1v) is 5.51. The molecule has 0 aliphatic carbocycles. The second-order valence-electron chi connectivity index (χ2n) is 3.75. The quantitative estimate of drug-likeness (QED) is 0.779. The monoisotopic (exact) mass is 231 g/mol. The highest BCUT2D eigenvalue weighted by Crippen LogP contribution is 2.23. The van der Waals surface area contributed by atoms with Gasteiger partial charge in [-0.25, -0.2) is 0 Å². The van der Waals surface area contributed by atoms with Crippen LogP contribution in [0.3, 0.4) is 0 Å². The van der Waals surface area contributed by atoms with E-state index in [0.717, 1.165) is 16.7 Å². The molecule has 16 heavy (non-hydrogen) atoms. The molecule has 82 valence electrons. The van der Waals surface area contributed by atoms with E-state index in [2.05, 4.69) is 4.98 Å². The lowest BCUT2D eigenvalue weighted by Crippen LogP contribution is -2.02. The number of H-pyrrole nitrogens is 1.